The summed E-state index contributed by atoms with van der Waals surface area (Å²) in [6.07, 6.45) is -7.91. The van der Waals surface area contributed by atoms with Gasteiger partial charge < -0.3 is 34.7 Å². The molecule has 256 valence electrons. The van der Waals surface area contributed by atoms with Gasteiger partial charge in [-0.2, -0.15) is 0 Å². The molecule has 0 fully saturated rings. The molecule has 0 unspecified atom stereocenters. The molecule has 4 aromatic rings. The zero-order valence-corrected chi connectivity index (χ0v) is 29.8. The molecular weight excluding hydrogens is 679 g/mol. The quantitative estimate of drug-likeness (QED) is 0.136. The zero-order chi connectivity index (χ0) is 35.2. The molecule has 0 bridgehead atoms. The van der Waals surface area contributed by atoms with E-state index in [4.69, 9.17) is 11.6 Å². The van der Waals surface area contributed by atoms with Crippen molar-refractivity contribution in [2.75, 3.05) is 0 Å². The van der Waals surface area contributed by atoms with Crippen LogP contribution >= 0.6 is 11.6 Å². The van der Waals surface area contributed by atoms with Crippen molar-refractivity contribution in [2.24, 2.45) is 0 Å². The predicted molar refractivity (Wildman–Crippen MR) is 170 cm³/mol. The maximum absolute atomic E-state index is 14.2. The van der Waals surface area contributed by atoms with Gasteiger partial charge in [-0.25, -0.2) is 4.39 Å². The SMILES string of the molecule is CC(C)n1c(CC[C@@H](O)C[C@@H](O)CC(=O)[O-])c(-c2ccc(F)cc2)c(-c2ccccc2)c1C(=O)NCc1ccc(OC(F)(F)F)c(Cl)c1.[Na+]. The number of carboxylic acids is 1. The van der Waals surface area contributed by atoms with E-state index in [9.17, 15) is 42.5 Å². The molecule has 1 aromatic heterocycles. The van der Waals surface area contributed by atoms with Gasteiger partial charge in [0.05, 0.1) is 17.2 Å². The van der Waals surface area contributed by atoms with Gasteiger partial charge in [0.2, 0.25) is 0 Å². The van der Waals surface area contributed by atoms with Gasteiger partial charge in [-0.05, 0) is 74.1 Å². The van der Waals surface area contributed by atoms with Crippen LogP contribution < -0.4 is 44.7 Å². The Morgan fingerprint density at radius 2 is 1.59 bits per heavy atom. The molecule has 0 aliphatic carbocycles. The third kappa shape index (κ3) is 10.8. The number of hydrogen-bond acceptors (Lipinski definition) is 6. The molecule has 3 N–H and O–H groups in total. The van der Waals surface area contributed by atoms with Gasteiger partial charge in [-0.15, -0.1) is 13.2 Å². The summed E-state index contributed by atoms with van der Waals surface area (Å²) >= 11 is 6.02. The molecule has 0 saturated heterocycles. The fourth-order valence-electron chi connectivity index (χ4n) is 5.63. The van der Waals surface area contributed by atoms with Crippen LogP contribution in [0, 0.1) is 5.82 Å². The number of rotatable bonds is 14. The van der Waals surface area contributed by atoms with Crippen molar-refractivity contribution < 1.29 is 76.8 Å². The van der Waals surface area contributed by atoms with Crippen LogP contribution in [0.2, 0.25) is 5.02 Å². The van der Waals surface area contributed by atoms with Crippen LogP contribution in [0.1, 0.15) is 60.9 Å². The summed E-state index contributed by atoms with van der Waals surface area (Å²) in [5.74, 6) is -3.01. The van der Waals surface area contributed by atoms with Gasteiger partial charge in [0.15, 0.2) is 0 Å². The molecule has 8 nitrogen and oxygen atoms in total. The first-order valence-corrected chi connectivity index (χ1v) is 15.5. The first kappa shape index (κ1) is 40.0. The van der Waals surface area contributed by atoms with Crippen LogP contribution in [-0.4, -0.2) is 45.2 Å². The molecule has 3 aromatic carbocycles. The van der Waals surface area contributed by atoms with Crippen molar-refractivity contribution in [1.82, 2.24) is 9.88 Å². The molecule has 0 radical (unpaired) electrons. The van der Waals surface area contributed by atoms with Crippen molar-refractivity contribution in [3.63, 3.8) is 0 Å². The number of ether oxygens (including phenoxy) is 1. The largest absolute Gasteiger partial charge is 1.00 e. The van der Waals surface area contributed by atoms with Crippen molar-refractivity contribution in [3.8, 4) is 28.0 Å². The van der Waals surface area contributed by atoms with E-state index in [1.807, 2.05) is 36.6 Å². The van der Waals surface area contributed by atoms with E-state index in [0.717, 1.165) is 6.07 Å². The predicted octanol–water partition coefficient (Wildman–Crippen LogP) is 3.21. The van der Waals surface area contributed by atoms with Gasteiger partial charge in [-0.3, -0.25) is 4.79 Å². The van der Waals surface area contributed by atoms with Crippen molar-refractivity contribution in [3.05, 3.63) is 101 Å². The summed E-state index contributed by atoms with van der Waals surface area (Å²) in [5, 5.41) is 34.3. The molecule has 2 atom stereocenters. The van der Waals surface area contributed by atoms with Crippen LogP contribution in [0.25, 0.3) is 22.3 Å². The van der Waals surface area contributed by atoms with E-state index in [2.05, 4.69) is 10.1 Å². The average molecular weight is 713 g/mol. The van der Waals surface area contributed by atoms with E-state index >= 15 is 0 Å². The van der Waals surface area contributed by atoms with E-state index in [-0.39, 0.29) is 72.1 Å². The van der Waals surface area contributed by atoms with Crippen LogP contribution in [0.15, 0.2) is 72.8 Å². The van der Waals surface area contributed by atoms with E-state index in [1.54, 1.807) is 24.3 Å². The molecule has 0 aliphatic heterocycles. The number of aromatic nitrogens is 1. The number of aliphatic hydroxyl groups excluding tert-OH is 2. The van der Waals surface area contributed by atoms with Gasteiger partial charge in [0.25, 0.3) is 5.91 Å². The third-order valence-corrected chi connectivity index (χ3v) is 7.87. The van der Waals surface area contributed by atoms with Gasteiger partial charge in [-0.1, -0.05) is 60.1 Å². The fourth-order valence-corrected chi connectivity index (χ4v) is 5.87. The number of benzene rings is 3. The normalized spacial score (nSPS) is 12.7. The smallest absolute Gasteiger partial charge is 0.550 e. The van der Waals surface area contributed by atoms with Crippen LogP contribution in [0.3, 0.4) is 0 Å². The summed E-state index contributed by atoms with van der Waals surface area (Å²) < 4.78 is 58.0. The second-order valence-electron chi connectivity index (χ2n) is 11.5. The molecule has 4 rings (SSSR count). The number of nitrogens with one attached hydrogen (secondary N) is 1. The number of aliphatic carboxylic acids is 1. The van der Waals surface area contributed by atoms with Crippen LogP contribution in [0.5, 0.6) is 5.75 Å². The first-order valence-electron chi connectivity index (χ1n) is 15.1. The number of halogens is 5. The Hall–Kier alpha value is -3.39. The number of carbonyl (C=O) groups is 2. The maximum Gasteiger partial charge on any atom is 1.00 e. The number of nitrogens with zero attached hydrogens (tertiary/aromatic N) is 1. The van der Waals surface area contributed by atoms with Gasteiger partial charge in [0, 0.05) is 41.8 Å². The van der Waals surface area contributed by atoms with E-state index < -0.39 is 48.4 Å². The Morgan fingerprint density at radius 1 is 0.959 bits per heavy atom. The van der Waals surface area contributed by atoms with Gasteiger partial charge in [0.1, 0.15) is 17.3 Å². The van der Waals surface area contributed by atoms with E-state index in [1.165, 1.54) is 24.3 Å². The molecule has 49 heavy (non-hydrogen) atoms. The molecule has 14 heteroatoms. The number of amides is 1. The Kier molecular flexibility index (Phi) is 14.3. The summed E-state index contributed by atoms with van der Waals surface area (Å²) in [5.41, 5.74) is 3.69. The number of aliphatic hydroxyl groups is 2. The first-order chi connectivity index (χ1) is 22.6. The zero-order valence-electron chi connectivity index (χ0n) is 27.1. The third-order valence-electron chi connectivity index (χ3n) is 7.57. The topological polar surface area (TPSA) is 124 Å². The number of carbonyl (C=O) groups excluding carboxylic acids is 2. The minimum atomic E-state index is -4.93. The summed E-state index contributed by atoms with van der Waals surface area (Å²) in [6, 6.07) is 18.1. The van der Waals surface area contributed by atoms with Crippen molar-refractivity contribution in [2.45, 2.75) is 70.7 Å². The molecule has 1 amide bonds. The summed E-state index contributed by atoms with van der Waals surface area (Å²) in [4.78, 5) is 25.1. The standard InChI is InChI=1S/C35H35ClF4N2O6.Na/c1-20(2)42-28(14-13-25(43)17-26(44)18-30(45)46)31(23-9-11-24(37)12-10-23)32(22-6-4-3-5-7-22)33(42)34(47)41-19-21-8-15-29(27(36)16-21)48-35(38,39)40;/h3-12,15-16,20,25-26,43-44H,13-14,17-19H2,1-2H3,(H,41,47)(H,45,46);/q;+1/p-1/t25-,26-;/m1./s1. The van der Waals surface area contributed by atoms with E-state index in [0.29, 0.717) is 33.5 Å². The molecular formula is C35H34ClF4N2NaO6. The summed E-state index contributed by atoms with van der Waals surface area (Å²) in [7, 11) is 0. The molecule has 0 spiro atoms. The Labute approximate surface area is 308 Å². The second-order valence-corrected chi connectivity index (χ2v) is 11.9. The maximum atomic E-state index is 14.2. The van der Waals surface area contributed by atoms with Crippen LogP contribution in [-0.2, 0) is 17.8 Å². The fraction of sp³-hybridized carbons (Fsp3) is 0.314. The molecule has 0 aliphatic rings. The Morgan fingerprint density at radius 3 is 2.16 bits per heavy atom. The van der Waals surface area contributed by atoms with Gasteiger partial charge >= 0.3 is 35.9 Å². The monoisotopic (exact) mass is 712 g/mol. The Balaban J connectivity index is 0.00000650. The minimum Gasteiger partial charge on any atom is -0.550 e. The molecule has 1 heterocycles. The number of alkyl halides is 3. The van der Waals surface area contributed by atoms with Crippen molar-refractivity contribution in [1.29, 1.82) is 0 Å². The number of carboxylic acid groups (broad SMARTS) is 1. The second kappa shape index (κ2) is 17.5. The Bertz CT molecular complexity index is 1730. The summed E-state index contributed by atoms with van der Waals surface area (Å²) in [6.45, 7) is 3.63. The minimum absolute atomic E-state index is 0. The van der Waals surface area contributed by atoms with Crippen molar-refractivity contribution >= 4 is 23.5 Å². The average Bonchev–Trinajstić information content (AvgIpc) is 3.35. The number of hydrogen-bond donors (Lipinski definition) is 3. The van der Waals surface area contributed by atoms with Crippen LogP contribution in [0.4, 0.5) is 17.6 Å². The molecule has 0 saturated carbocycles.